The number of nitrogens with zero attached hydrogens (tertiary/aromatic N) is 1. The van der Waals surface area contributed by atoms with Crippen molar-refractivity contribution in [2.75, 3.05) is 26.2 Å². The maximum absolute atomic E-state index is 11.4. The second kappa shape index (κ2) is 7.49. The predicted octanol–water partition coefficient (Wildman–Crippen LogP) is 1.57. The summed E-state index contributed by atoms with van der Waals surface area (Å²) >= 11 is 0. The molecule has 16 heavy (non-hydrogen) atoms. The van der Waals surface area contributed by atoms with Crippen molar-refractivity contribution in [1.82, 2.24) is 15.5 Å². The molecule has 0 aliphatic carbocycles. The number of nitrogens with one attached hydrogen (secondary N) is 2. The summed E-state index contributed by atoms with van der Waals surface area (Å²) in [4.78, 5) is 13.8. The van der Waals surface area contributed by atoms with E-state index in [1.165, 1.54) is 32.4 Å². The Morgan fingerprint density at radius 2 is 2.00 bits per heavy atom. The molecule has 1 rings (SSSR count). The Bertz CT molecular complexity index is 202. The van der Waals surface area contributed by atoms with Crippen LogP contribution in [0.5, 0.6) is 0 Å². The molecule has 1 aliphatic heterocycles. The van der Waals surface area contributed by atoms with Crippen LogP contribution in [0.25, 0.3) is 0 Å². The van der Waals surface area contributed by atoms with E-state index in [2.05, 4.69) is 22.5 Å². The lowest BCUT2D eigenvalue weighted by atomic mass is 10.1. The van der Waals surface area contributed by atoms with Gasteiger partial charge in [-0.1, -0.05) is 13.3 Å². The highest BCUT2D eigenvalue weighted by Gasteiger charge is 2.10. The van der Waals surface area contributed by atoms with Crippen molar-refractivity contribution in [3.63, 3.8) is 0 Å². The number of carbonyl (C=O) groups excluding carboxylic acids is 1. The van der Waals surface area contributed by atoms with Gasteiger partial charge in [-0.25, -0.2) is 4.79 Å². The minimum absolute atomic E-state index is 0.0358. The molecule has 4 heteroatoms. The summed E-state index contributed by atoms with van der Waals surface area (Å²) in [6.07, 6.45) is 4.94. The number of urea groups is 1. The zero-order valence-corrected chi connectivity index (χ0v) is 10.6. The number of carbonyl (C=O) groups is 1. The molecule has 0 spiro atoms. The molecule has 1 aliphatic rings. The van der Waals surface area contributed by atoms with Crippen LogP contribution in [-0.4, -0.2) is 43.2 Å². The van der Waals surface area contributed by atoms with Gasteiger partial charge in [-0.05, 0) is 39.3 Å². The fourth-order valence-corrected chi connectivity index (χ4v) is 1.89. The van der Waals surface area contributed by atoms with Crippen molar-refractivity contribution in [2.45, 2.75) is 45.6 Å². The van der Waals surface area contributed by atoms with Gasteiger partial charge in [-0.3, -0.25) is 0 Å². The summed E-state index contributed by atoms with van der Waals surface area (Å²) in [6, 6.07) is 0.223. The Morgan fingerprint density at radius 1 is 1.31 bits per heavy atom. The predicted molar refractivity (Wildman–Crippen MR) is 66.6 cm³/mol. The minimum Gasteiger partial charge on any atom is -0.337 e. The first-order valence-electron chi connectivity index (χ1n) is 6.49. The number of likely N-dealkylation sites (tertiary alicyclic amines) is 1. The Balaban J connectivity index is 2.03. The molecule has 0 aromatic heterocycles. The molecule has 0 aromatic rings. The maximum Gasteiger partial charge on any atom is 0.315 e. The van der Waals surface area contributed by atoms with E-state index in [0.717, 1.165) is 19.5 Å². The van der Waals surface area contributed by atoms with Crippen molar-refractivity contribution in [3.8, 4) is 0 Å². The quantitative estimate of drug-likeness (QED) is 0.749. The number of piperidine rings is 1. The normalized spacial score (nSPS) is 19.1. The van der Waals surface area contributed by atoms with E-state index in [1.54, 1.807) is 0 Å². The molecule has 4 nitrogen and oxygen atoms in total. The third-order valence-electron chi connectivity index (χ3n) is 3.15. The van der Waals surface area contributed by atoms with Crippen LogP contribution in [0, 0.1) is 0 Å². The summed E-state index contributed by atoms with van der Waals surface area (Å²) in [5, 5.41) is 5.80. The SMILES string of the molecule is CCC(C)NC(=O)NCCN1CCCCC1. The van der Waals surface area contributed by atoms with Crippen molar-refractivity contribution in [3.05, 3.63) is 0 Å². The average Bonchev–Trinajstić information content (AvgIpc) is 2.30. The molecule has 1 unspecified atom stereocenters. The Kier molecular flexibility index (Phi) is 6.23. The minimum atomic E-state index is -0.0358. The average molecular weight is 227 g/mol. The Morgan fingerprint density at radius 3 is 2.62 bits per heavy atom. The van der Waals surface area contributed by atoms with Crippen LogP contribution in [0.3, 0.4) is 0 Å². The lowest BCUT2D eigenvalue weighted by Crippen LogP contribution is -2.44. The summed E-state index contributed by atoms with van der Waals surface area (Å²) in [5.41, 5.74) is 0. The van der Waals surface area contributed by atoms with Gasteiger partial charge in [0.15, 0.2) is 0 Å². The fourth-order valence-electron chi connectivity index (χ4n) is 1.89. The first-order valence-corrected chi connectivity index (χ1v) is 6.49. The first-order chi connectivity index (χ1) is 7.72. The number of hydrogen-bond acceptors (Lipinski definition) is 2. The summed E-state index contributed by atoms with van der Waals surface area (Å²) in [5.74, 6) is 0. The smallest absolute Gasteiger partial charge is 0.315 e. The van der Waals surface area contributed by atoms with Gasteiger partial charge >= 0.3 is 6.03 Å². The van der Waals surface area contributed by atoms with E-state index in [-0.39, 0.29) is 12.1 Å². The molecule has 1 heterocycles. The molecule has 1 atom stereocenters. The van der Waals surface area contributed by atoms with E-state index >= 15 is 0 Å². The third-order valence-corrected chi connectivity index (χ3v) is 3.15. The van der Waals surface area contributed by atoms with Crippen LogP contribution in [0.15, 0.2) is 0 Å². The standard InChI is InChI=1S/C12H25N3O/c1-3-11(2)14-12(16)13-7-10-15-8-5-4-6-9-15/h11H,3-10H2,1-2H3,(H2,13,14,16). The molecular weight excluding hydrogens is 202 g/mol. The molecule has 2 N–H and O–H groups in total. The van der Waals surface area contributed by atoms with Gasteiger partial charge in [0.25, 0.3) is 0 Å². The van der Waals surface area contributed by atoms with E-state index < -0.39 is 0 Å². The molecular formula is C12H25N3O. The number of hydrogen-bond donors (Lipinski definition) is 2. The lowest BCUT2D eigenvalue weighted by molar-refractivity contribution is 0.219. The van der Waals surface area contributed by atoms with Gasteiger partial charge in [-0.15, -0.1) is 0 Å². The van der Waals surface area contributed by atoms with Crippen LogP contribution in [-0.2, 0) is 0 Å². The monoisotopic (exact) mass is 227 g/mol. The van der Waals surface area contributed by atoms with Gasteiger partial charge in [0.1, 0.15) is 0 Å². The number of amides is 2. The molecule has 0 aromatic carbocycles. The Hall–Kier alpha value is -0.770. The van der Waals surface area contributed by atoms with Crippen molar-refractivity contribution in [1.29, 1.82) is 0 Å². The fraction of sp³-hybridized carbons (Fsp3) is 0.917. The Labute approximate surface area is 98.8 Å². The molecule has 0 saturated carbocycles. The van der Waals surface area contributed by atoms with Crippen molar-refractivity contribution in [2.24, 2.45) is 0 Å². The van der Waals surface area contributed by atoms with Crippen LogP contribution in [0.1, 0.15) is 39.5 Å². The summed E-state index contributed by atoms with van der Waals surface area (Å²) < 4.78 is 0. The third kappa shape index (κ3) is 5.35. The topological polar surface area (TPSA) is 44.4 Å². The number of rotatable bonds is 5. The second-order valence-electron chi connectivity index (χ2n) is 4.61. The zero-order valence-electron chi connectivity index (χ0n) is 10.6. The maximum atomic E-state index is 11.4. The van der Waals surface area contributed by atoms with Crippen LogP contribution in [0.4, 0.5) is 4.79 Å². The van der Waals surface area contributed by atoms with E-state index in [9.17, 15) is 4.79 Å². The van der Waals surface area contributed by atoms with E-state index in [1.807, 2.05) is 6.92 Å². The van der Waals surface area contributed by atoms with E-state index in [0.29, 0.717) is 0 Å². The van der Waals surface area contributed by atoms with Crippen LogP contribution >= 0.6 is 0 Å². The highest BCUT2D eigenvalue weighted by molar-refractivity contribution is 5.74. The van der Waals surface area contributed by atoms with Gasteiger partial charge in [0.2, 0.25) is 0 Å². The van der Waals surface area contributed by atoms with Crippen LogP contribution in [0.2, 0.25) is 0 Å². The molecule has 1 saturated heterocycles. The van der Waals surface area contributed by atoms with Crippen molar-refractivity contribution >= 4 is 6.03 Å². The molecule has 94 valence electrons. The molecule has 0 bridgehead atoms. The van der Waals surface area contributed by atoms with Gasteiger partial charge in [-0.2, -0.15) is 0 Å². The first kappa shape index (κ1) is 13.3. The molecule has 2 amide bonds. The largest absolute Gasteiger partial charge is 0.337 e. The van der Waals surface area contributed by atoms with Crippen LogP contribution < -0.4 is 10.6 Å². The molecule has 1 fully saturated rings. The second-order valence-corrected chi connectivity index (χ2v) is 4.61. The summed E-state index contributed by atoms with van der Waals surface area (Å²) in [7, 11) is 0. The van der Waals surface area contributed by atoms with Gasteiger partial charge < -0.3 is 15.5 Å². The zero-order chi connectivity index (χ0) is 11.8. The molecule has 0 radical (unpaired) electrons. The van der Waals surface area contributed by atoms with Gasteiger partial charge in [0.05, 0.1) is 0 Å². The van der Waals surface area contributed by atoms with Crippen molar-refractivity contribution < 1.29 is 4.79 Å². The highest BCUT2D eigenvalue weighted by Crippen LogP contribution is 2.07. The highest BCUT2D eigenvalue weighted by atomic mass is 16.2. The summed E-state index contributed by atoms with van der Waals surface area (Å²) in [6.45, 7) is 8.20. The van der Waals surface area contributed by atoms with E-state index in [4.69, 9.17) is 0 Å². The van der Waals surface area contributed by atoms with Gasteiger partial charge in [0, 0.05) is 19.1 Å². The lowest BCUT2D eigenvalue weighted by Gasteiger charge is -2.26.